The molecule has 1 atom stereocenters. The highest BCUT2D eigenvalue weighted by atomic mass is 16.5. The molecule has 214 valence electrons. The van der Waals surface area contributed by atoms with Gasteiger partial charge in [0, 0.05) is 16.5 Å². The Morgan fingerprint density at radius 3 is 2.00 bits per heavy atom. The average Bonchev–Trinajstić information content (AvgIpc) is 3.40. The van der Waals surface area contributed by atoms with Gasteiger partial charge in [0.2, 0.25) is 0 Å². The third kappa shape index (κ3) is 3.61. The predicted octanol–water partition coefficient (Wildman–Crippen LogP) is 11.3. The van der Waals surface area contributed by atoms with Gasteiger partial charge in [-0.3, -0.25) is 0 Å². The molecule has 0 aromatic heterocycles. The smallest absolute Gasteiger partial charge is 0.132 e. The highest BCUT2D eigenvalue weighted by molar-refractivity contribution is 6.04. The molecule has 7 aromatic rings. The molecule has 1 heterocycles. The third-order valence-electron chi connectivity index (χ3n) is 10.2. The summed E-state index contributed by atoms with van der Waals surface area (Å²) in [6.07, 6.45) is 0. The molecule has 1 aliphatic heterocycles. The van der Waals surface area contributed by atoms with Crippen LogP contribution in [0.25, 0.3) is 33.0 Å². The van der Waals surface area contributed by atoms with E-state index >= 15 is 0 Å². The van der Waals surface area contributed by atoms with Crippen molar-refractivity contribution in [2.45, 2.75) is 24.7 Å². The summed E-state index contributed by atoms with van der Waals surface area (Å²) in [4.78, 5) is 0. The van der Waals surface area contributed by atoms with E-state index in [9.17, 15) is 0 Å². The van der Waals surface area contributed by atoms with Crippen molar-refractivity contribution < 1.29 is 4.74 Å². The number of benzene rings is 7. The van der Waals surface area contributed by atoms with E-state index in [4.69, 9.17) is 4.74 Å². The number of ether oxygens (including phenoxy) is 1. The minimum Gasteiger partial charge on any atom is -0.457 e. The van der Waals surface area contributed by atoms with Crippen LogP contribution < -0.4 is 4.74 Å². The van der Waals surface area contributed by atoms with Crippen LogP contribution in [-0.2, 0) is 10.8 Å². The standard InChI is InChI=1S/C44H32O/c1-43(2)37-21-10-11-22-40(37)45-41-28-31(24-25-38(41)43)30-14-12-17-33(27-30)44(32-15-4-3-5-16-32)36-20-9-8-19-35(36)42-34-18-7-6-13-29(34)23-26-39(42)44/h3-28H,1-2H3. The van der Waals surface area contributed by atoms with E-state index in [1.807, 2.05) is 0 Å². The summed E-state index contributed by atoms with van der Waals surface area (Å²) in [6, 6.07) is 57.8. The molecular formula is C44H32O. The van der Waals surface area contributed by atoms with Gasteiger partial charge >= 0.3 is 0 Å². The zero-order valence-corrected chi connectivity index (χ0v) is 25.4. The van der Waals surface area contributed by atoms with E-state index in [1.165, 1.54) is 60.8 Å². The Kier molecular flexibility index (Phi) is 5.53. The zero-order chi connectivity index (χ0) is 30.2. The van der Waals surface area contributed by atoms with Crippen LogP contribution in [0.15, 0.2) is 158 Å². The SMILES string of the molecule is CC1(C)c2ccccc2Oc2cc(-c3cccc(C4(c5ccccc5)c5ccccc5-c5c4ccc4ccccc54)c3)ccc21. The van der Waals surface area contributed by atoms with Gasteiger partial charge in [0.15, 0.2) is 0 Å². The minimum absolute atomic E-state index is 0.137. The molecule has 0 saturated carbocycles. The van der Waals surface area contributed by atoms with Gasteiger partial charge in [0.05, 0.1) is 5.41 Å². The molecule has 0 spiro atoms. The van der Waals surface area contributed by atoms with Crippen LogP contribution in [0.5, 0.6) is 11.5 Å². The van der Waals surface area contributed by atoms with Gasteiger partial charge in [0.1, 0.15) is 11.5 Å². The molecule has 1 nitrogen and oxygen atoms in total. The summed E-state index contributed by atoms with van der Waals surface area (Å²) in [7, 11) is 0. The quantitative estimate of drug-likeness (QED) is 0.203. The van der Waals surface area contributed by atoms with E-state index in [2.05, 4.69) is 172 Å². The first kappa shape index (κ1) is 26.0. The van der Waals surface area contributed by atoms with Gasteiger partial charge in [-0.05, 0) is 73.5 Å². The van der Waals surface area contributed by atoms with Crippen molar-refractivity contribution in [3.8, 4) is 33.8 Å². The largest absolute Gasteiger partial charge is 0.457 e. The highest BCUT2D eigenvalue weighted by Gasteiger charge is 2.46. The fourth-order valence-corrected chi connectivity index (χ4v) is 8.09. The second-order valence-corrected chi connectivity index (χ2v) is 12.9. The topological polar surface area (TPSA) is 9.23 Å². The number of rotatable bonds is 3. The van der Waals surface area contributed by atoms with Crippen LogP contribution in [0.2, 0.25) is 0 Å². The van der Waals surface area contributed by atoms with Crippen LogP contribution in [0, 0.1) is 0 Å². The normalized spacial score (nSPS) is 17.1. The monoisotopic (exact) mass is 576 g/mol. The molecule has 7 aromatic carbocycles. The number of para-hydroxylation sites is 1. The number of fused-ring (bicyclic) bond motifs is 7. The zero-order valence-electron chi connectivity index (χ0n) is 25.4. The molecule has 0 bridgehead atoms. The lowest BCUT2D eigenvalue weighted by atomic mass is 9.67. The van der Waals surface area contributed by atoms with Gasteiger partial charge in [-0.2, -0.15) is 0 Å². The number of hydrogen-bond acceptors (Lipinski definition) is 1. The summed E-state index contributed by atoms with van der Waals surface area (Å²) in [5.74, 6) is 1.87. The van der Waals surface area contributed by atoms with E-state index in [0.29, 0.717) is 0 Å². The fourth-order valence-electron chi connectivity index (χ4n) is 8.09. The van der Waals surface area contributed by atoms with Crippen molar-refractivity contribution in [1.82, 2.24) is 0 Å². The maximum Gasteiger partial charge on any atom is 0.132 e. The van der Waals surface area contributed by atoms with Crippen molar-refractivity contribution in [2.24, 2.45) is 0 Å². The first-order valence-electron chi connectivity index (χ1n) is 15.8. The second-order valence-electron chi connectivity index (χ2n) is 12.9. The molecule has 0 saturated heterocycles. The molecule has 1 aliphatic carbocycles. The van der Waals surface area contributed by atoms with Crippen LogP contribution >= 0.6 is 0 Å². The molecule has 0 radical (unpaired) electrons. The molecular weight excluding hydrogens is 544 g/mol. The highest BCUT2D eigenvalue weighted by Crippen LogP contribution is 2.58. The Morgan fingerprint density at radius 1 is 0.444 bits per heavy atom. The van der Waals surface area contributed by atoms with E-state index < -0.39 is 5.41 Å². The second kappa shape index (κ2) is 9.55. The Bertz CT molecular complexity index is 2280. The van der Waals surface area contributed by atoms with Crippen molar-refractivity contribution in [3.63, 3.8) is 0 Å². The lowest BCUT2D eigenvalue weighted by Crippen LogP contribution is -2.28. The van der Waals surface area contributed by atoms with E-state index in [-0.39, 0.29) is 5.41 Å². The van der Waals surface area contributed by atoms with Crippen molar-refractivity contribution in [1.29, 1.82) is 0 Å². The predicted molar refractivity (Wildman–Crippen MR) is 185 cm³/mol. The van der Waals surface area contributed by atoms with Gasteiger partial charge in [-0.15, -0.1) is 0 Å². The Hall–Kier alpha value is -5.40. The van der Waals surface area contributed by atoms with Gasteiger partial charge in [0.25, 0.3) is 0 Å². The Morgan fingerprint density at radius 2 is 1.11 bits per heavy atom. The Labute approximate surface area is 264 Å². The molecule has 45 heavy (non-hydrogen) atoms. The van der Waals surface area contributed by atoms with Crippen molar-refractivity contribution in [3.05, 3.63) is 191 Å². The molecule has 0 amide bonds. The van der Waals surface area contributed by atoms with Crippen LogP contribution in [-0.4, -0.2) is 0 Å². The molecule has 9 rings (SSSR count). The lowest BCUT2D eigenvalue weighted by molar-refractivity contribution is 0.418. The number of hydrogen-bond donors (Lipinski definition) is 0. The summed E-state index contributed by atoms with van der Waals surface area (Å²) >= 11 is 0. The van der Waals surface area contributed by atoms with Gasteiger partial charge in [-0.25, -0.2) is 0 Å². The Balaban J connectivity index is 1.28. The summed E-state index contributed by atoms with van der Waals surface area (Å²) in [5, 5.41) is 2.56. The summed E-state index contributed by atoms with van der Waals surface area (Å²) in [5.41, 5.74) is 12.0. The molecule has 1 unspecified atom stereocenters. The van der Waals surface area contributed by atoms with E-state index in [0.717, 1.165) is 17.1 Å². The molecule has 1 heteroatoms. The summed E-state index contributed by atoms with van der Waals surface area (Å²) < 4.78 is 6.53. The van der Waals surface area contributed by atoms with Crippen molar-refractivity contribution in [2.75, 3.05) is 0 Å². The maximum absolute atomic E-state index is 6.53. The minimum atomic E-state index is -0.459. The van der Waals surface area contributed by atoms with Crippen LogP contribution in [0.1, 0.15) is 47.2 Å². The summed E-state index contributed by atoms with van der Waals surface area (Å²) in [6.45, 7) is 4.57. The van der Waals surface area contributed by atoms with Crippen LogP contribution in [0.3, 0.4) is 0 Å². The van der Waals surface area contributed by atoms with Crippen molar-refractivity contribution >= 4 is 10.8 Å². The van der Waals surface area contributed by atoms with Gasteiger partial charge < -0.3 is 4.74 Å². The van der Waals surface area contributed by atoms with E-state index in [1.54, 1.807) is 0 Å². The fraction of sp³-hybridized carbons (Fsp3) is 0.0909. The first-order chi connectivity index (χ1) is 22.1. The molecule has 2 aliphatic rings. The first-order valence-corrected chi connectivity index (χ1v) is 15.8. The average molecular weight is 577 g/mol. The maximum atomic E-state index is 6.53. The molecule has 0 N–H and O–H groups in total. The lowest BCUT2D eigenvalue weighted by Gasteiger charge is -2.35. The van der Waals surface area contributed by atoms with Crippen LogP contribution in [0.4, 0.5) is 0 Å². The molecule has 0 fully saturated rings. The third-order valence-corrected chi connectivity index (χ3v) is 10.2. The van der Waals surface area contributed by atoms with Gasteiger partial charge in [-0.1, -0.05) is 153 Å².